The molecule has 3 rings (SSSR count). The van der Waals surface area contributed by atoms with E-state index in [2.05, 4.69) is 0 Å². The van der Waals surface area contributed by atoms with Crippen molar-refractivity contribution in [1.82, 2.24) is 8.87 Å². The van der Waals surface area contributed by atoms with Gasteiger partial charge in [0.2, 0.25) is 10.0 Å². The lowest BCUT2D eigenvalue weighted by Crippen LogP contribution is -2.40. The van der Waals surface area contributed by atoms with Gasteiger partial charge in [-0.05, 0) is 25.0 Å². The number of benzene rings is 1. The van der Waals surface area contributed by atoms with Crippen molar-refractivity contribution in [2.24, 2.45) is 7.05 Å². The van der Waals surface area contributed by atoms with Crippen LogP contribution < -0.4 is 5.76 Å². The number of oxazole rings is 1. The minimum Gasteiger partial charge on any atom is -0.408 e. The molecule has 0 amide bonds. The number of aromatic nitrogens is 1. The molecular formula is C14H18N2O5S. The van der Waals surface area contributed by atoms with Crippen molar-refractivity contribution < 1.29 is 17.6 Å². The molecule has 1 fully saturated rings. The van der Waals surface area contributed by atoms with Gasteiger partial charge < -0.3 is 9.15 Å². The van der Waals surface area contributed by atoms with Gasteiger partial charge in [-0.1, -0.05) is 0 Å². The Balaban J connectivity index is 1.94. The molecule has 1 aliphatic heterocycles. The first-order valence-electron chi connectivity index (χ1n) is 7.06. The Hall–Kier alpha value is -1.64. The van der Waals surface area contributed by atoms with Gasteiger partial charge in [-0.3, -0.25) is 4.57 Å². The van der Waals surface area contributed by atoms with Gasteiger partial charge in [0.1, 0.15) is 0 Å². The normalized spacial score (nSPS) is 18.1. The summed E-state index contributed by atoms with van der Waals surface area (Å²) >= 11 is 0. The lowest BCUT2D eigenvalue weighted by molar-refractivity contribution is 0.0604. The third-order valence-electron chi connectivity index (χ3n) is 4.14. The standard InChI is InChI=1S/C14H18N2O5S/c1-15-12-4-3-11(9-13(12)21-14(15)17)22(18,19)16-7-5-10(20-2)6-8-16/h3-4,9-10H,5-8H2,1-2H3. The molecular weight excluding hydrogens is 308 g/mol. The summed E-state index contributed by atoms with van der Waals surface area (Å²) in [7, 11) is -0.362. The Kier molecular flexibility index (Phi) is 3.84. The highest BCUT2D eigenvalue weighted by Gasteiger charge is 2.29. The zero-order valence-corrected chi connectivity index (χ0v) is 13.3. The fourth-order valence-corrected chi connectivity index (χ4v) is 4.22. The van der Waals surface area contributed by atoms with E-state index in [9.17, 15) is 13.2 Å². The average molecular weight is 326 g/mol. The van der Waals surface area contributed by atoms with Crippen molar-refractivity contribution >= 4 is 21.1 Å². The maximum atomic E-state index is 12.7. The topological polar surface area (TPSA) is 81.8 Å². The summed E-state index contributed by atoms with van der Waals surface area (Å²) in [6.07, 6.45) is 1.47. The third-order valence-corrected chi connectivity index (χ3v) is 6.03. The van der Waals surface area contributed by atoms with E-state index in [0.717, 1.165) is 0 Å². The molecule has 8 heteroatoms. The van der Waals surface area contributed by atoms with Gasteiger partial charge in [-0.2, -0.15) is 4.31 Å². The van der Waals surface area contributed by atoms with Gasteiger partial charge in [0.05, 0.1) is 16.5 Å². The lowest BCUT2D eigenvalue weighted by Gasteiger charge is -2.30. The van der Waals surface area contributed by atoms with Crippen LogP contribution in [0.4, 0.5) is 0 Å². The molecule has 22 heavy (non-hydrogen) atoms. The number of ether oxygens (including phenoxy) is 1. The van der Waals surface area contributed by atoms with E-state index in [0.29, 0.717) is 31.4 Å². The van der Waals surface area contributed by atoms with Crippen LogP contribution in [0, 0.1) is 0 Å². The molecule has 7 nitrogen and oxygen atoms in total. The van der Waals surface area contributed by atoms with Crippen molar-refractivity contribution in [2.75, 3.05) is 20.2 Å². The molecule has 0 unspecified atom stereocenters. The number of aryl methyl sites for hydroxylation is 1. The molecule has 0 aliphatic carbocycles. The molecule has 2 aromatic rings. The van der Waals surface area contributed by atoms with Crippen LogP contribution in [0.25, 0.3) is 11.1 Å². The predicted octanol–water partition coefficient (Wildman–Crippen LogP) is 0.931. The largest absolute Gasteiger partial charge is 0.419 e. The number of methoxy groups -OCH3 is 1. The number of sulfonamides is 1. The Bertz CT molecular complexity index is 844. The van der Waals surface area contributed by atoms with Crippen LogP contribution in [0.15, 0.2) is 32.3 Å². The Morgan fingerprint density at radius 1 is 1.27 bits per heavy atom. The molecule has 2 heterocycles. The van der Waals surface area contributed by atoms with Gasteiger partial charge >= 0.3 is 5.76 Å². The predicted molar refractivity (Wildman–Crippen MR) is 80.2 cm³/mol. The molecule has 120 valence electrons. The van der Waals surface area contributed by atoms with Crippen LogP contribution in [0.1, 0.15) is 12.8 Å². The smallest absolute Gasteiger partial charge is 0.408 e. The zero-order valence-electron chi connectivity index (χ0n) is 12.5. The number of rotatable bonds is 3. The van der Waals surface area contributed by atoms with Crippen LogP contribution >= 0.6 is 0 Å². The minimum absolute atomic E-state index is 0.112. The van der Waals surface area contributed by atoms with Gasteiger partial charge in [0, 0.05) is 33.3 Å². The van der Waals surface area contributed by atoms with Crippen molar-refractivity contribution in [3.8, 4) is 0 Å². The Labute approximate surface area is 128 Å². The second kappa shape index (κ2) is 5.53. The highest BCUT2D eigenvalue weighted by atomic mass is 32.2. The molecule has 0 radical (unpaired) electrons. The second-order valence-electron chi connectivity index (χ2n) is 5.40. The fraction of sp³-hybridized carbons (Fsp3) is 0.500. The summed E-state index contributed by atoms with van der Waals surface area (Å²) in [6.45, 7) is 0.856. The van der Waals surface area contributed by atoms with Gasteiger partial charge in [-0.15, -0.1) is 0 Å². The van der Waals surface area contributed by atoms with E-state index in [1.54, 1.807) is 20.2 Å². The van der Waals surface area contributed by atoms with E-state index in [1.807, 2.05) is 0 Å². The van der Waals surface area contributed by atoms with E-state index >= 15 is 0 Å². The highest BCUT2D eigenvalue weighted by Crippen LogP contribution is 2.24. The SMILES string of the molecule is COC1CCN(S(=O)(=O)c2ccc3c(c2)oc(=O)n3C)CC1. The summed E-state index contributed by atoms with van der Waals surface area (Å²) < 4.78 is 38.5. The minimum atomic E-state index is -3.58. The van der Waals surface area contributed by atoms with Gasteiger partial charge in [0.15, 0.2) is 5.58 Å². The number of nitrogens with zero attached hydrogens (tertiary/aromatic N) is 2. The molecule has 1 aliphatic rings. The lowest BCUT2D eigenvalue weighted by atomic mass is 10.1. The summed E-state index contributed by atoms with van der Waals surface area (Å²) in [5, 5.41) is 0. The van der Waals surface area contributed by atoms with Gasteiger partial charge in [-0.25, -0.2) is 13.2 Å². The zero-order chi connectivity index (χ0) is 15.9. The number of piperidine rings is 1. The summed E-state index contributed by atoms with van der Waals surface area (Å²) in [5.74, 6) is -0.509. The van der Waals surface area contributed by atoms with Crippen molar-refractivity contribution in [1.29, 1.82) is 0 Å². The monoisotopic (exact) mass is 326 g/mol. The Morgan fingerprint density at radius 3 is 2.59 bits per heavy atom. The number of hydrogen-bond donors (Lipinski definition) is 0. The molecule has 0 spiro atoms. The maximum Gasteiger partial charge on any atom is 0.419 e. The maximum absolute atomic E-state index is 12.7. The number of fused-ring (bicyclic) bond motifs is 1. The van der Waals surface area contributed by atoms with Crippen molar-refractivity contribution in [3.05, 3.63) is 28.7 Å². The quantitative estimate of drug-likeness (QED) is 0.838. The Morgan fingerprint density at radius 2 is 1.95 bits per heavy atom. The average Bonchev–Trinajstić information content (AvgIpc) is 2.81. The van der Waals surface area contributed by atoms with Crippen LogP contribution in [0.2, 0.25) is 0 Å². The van der Waals surface area contributed by atoms with Gasteiger partial charge in [0.25, 0.3) is 0 Å². The molecule has 1 aromatic carbocycles. The number of hydrogen-bond acceptors (Lipinski definition) is 5. The summed E-state index contributed by atoms with van der Waals surface area (Å²) in [4.78, 5) is 11.6. The van der Waals surface area contributed by atoms with E-state index in [1.165, 1.54) is 21.0 Å². The molecule has 0 bridgehead atoms. The first kappa shape index (κ1) is 15.3. The first-order chi connectivity index (χ1) is 10.4. The first-order valence-corrected chi connectivity index (χ1v) is 8.50. The molecule has 0 atom stereocenters. The molecule has 1 aromatic heterocycles. The molecule has 1 saturated heterocycles. The van der Waals surface area contributed by atoms with Crippen LogP contribution in [0.3, 0.4) is 0 Å². The van der Waals surface area contributed by atoms with Crippen molar-refractivity contribution in [2.45, 2.75) is 23.8 Å². The molecule has 0 saturated carbocycles. The van der Waals surface area contributed by atoms with Crippen LogP contribution in [-0.2, 0) is 21.8 Å². The van der Waals surface area contributed by atoms with Crippen molar-refractivity contribution in [3.63, 3.8) is 0 Å². The van der Waals surface area contributed by atoms with E-state index in [4.69, 9.17) is 9.15 Å². The van der Waals surface area contributed by atoms with E-state index in [-0.39, 0.29) is 16.6 Å². The molecule has 0 N–H and O–H groups in total. The summed E-state index contributed by atoms with van der Waals surface area (Å²) in [5.41, 5.74) is 0.849. The fourth-order valence-electron chi connectivity index (χ4n) is 2.73. The van der Waals surface area contributed by atoms with Crippen LogP contribution in [0.5, 0.6) is 0 Å². The highest BCUT2D eigenvalue weighted by molar-refractivity contribution is 7.89. The third kappa shape index (κ3) is 2.47. The summed E-state index contributed by atoms with van der Waals surface area (Å²) in [6, 6.07) is 4.51. The van der Waals surface area contributed by atoms with E-state index < -0.39 is 15.8 Å². The second-order valence-corrected chi connectivity index (χ2v) is 7.33. The van der Waals surface area contributed by atoms with Crippen LogP contribution in [-0.4, -0.2) is 43.6 Å².